The smallest absolute Gasteiger partial charge is 0.234 e. The lowest BCUT2D eigenvalue weighted by Gasteiger charge is -2.25. The molecule has 2 fully saturated rings. The summed E-state index contributed by atoms with van der Waals surface area (Å²) in [6, 6.07) is 0.487. The summed E-state index contributed by atoms with van der Waals surface area (Å²) in [5.41, 5.74) is 0. The lowest BCUT2D eigenvalue weighted by atomic mass is 9.95. The molecule has 1 N–H and O–H groups in total. The second-order valence-corrected chi connectivity index (χ2v) is 6.13. The van der Waals surface area contributed by atoms with Crippen molar-refractivity contribution in [2.24, 2.45) is 11.8 Å². The minimum Gasteiger partial charge on any atom is -0.352 e. The molecule has 19 heavy (non-hydrogen) atoms. The molecule has 1 amide bonds. The fraction of sp³-hybridized carbons (Fsp3) is 0.933. The molecule has 112 valence electrons. The van der Waals surface area contributed by atoms with Crippen LogP contribution in [-0.2, 0) is 4.79 Å². The van der Waals surface area contributed by atoms with Crippen molar-refractivity contribution in [2.45, 2.75) is 58.4 Å². The van der Waals surface area contributed by atoms with Crippen molar-refractivity contribution in [1.29, 1.82) is 0 Å². The molecule has 0 aromatic carbocycles. The van der Waals surface area contributed by atoms with Crippen molar-refractivity contribution in [3.8, 4) is 0 Å². The number of carbonyl (C=O) groups is 1. The molecule has 2 bridgehead atoms. The average Bonchev–Trinajstić information content (AvgIpc) is 2.91. The summed E-state index contributed by atoms with van der Waals surface area (Å²) in [5, 5.41) is 3.28. The standard InChI is InChI=1S/C15H28N2O.ClH/c1-3-7-17(8-4-2)11-15(18)16-14-10-12-5-6-13(14)9-12;/h12-14H,3-11H2,1-2H3,(H,16,18);1H. The largest absolute Gasteiger partial charge is 0.352 e. The van der Waals surface area contributed by atoms with E-state index in [1.807, 2.05) is 0 Å². The number of rotatable bonds is 7. The first-order chi connectivity index (χ1) is 8.72. The fourth-order valence-electron chi connectivity index (χ4n) is 3.78. The normalized spacial score (nSPS) is 28.5. The van der Waals surface area contributed by atoms with Crippen LogP contribution in [0.1, 0.15) is 52.4 Å². The molecule has 3 atom stereocenters. The number of hydrogen-bond donors (Lipinski definition) is 1. The second kappa shape index (κ2) is 8.11. The maximum Gasteiger partial charge on any atom is 0.234 e. The third-order valence-electron chi connectivity index (χ3n) is 4.53. The first-order valence-corrected chi connectivity index (χ1v) is 7.74. The summed E-state index contributed by atoms with van der Waals surface area (Å²) >= 11 is 0. The van der Waals surface area contributed by atoms with Crippen LogP contribution >= 0.6 is 12.4 Å². The van der Waals surface area contributed by atoms with Crippen LogP contribution in [0.4, 0.5) is 0 Å². The molecular weight excluding hydrogens is 260 g/mol. The molecule has 0 heterocycles. The Morgan fingerprint density at radius 2 is 1.84 bits per heavy atom. The van der Waals surface area contributed by atoms with E-state index in [4.69, 9.17) is 0 Å². The van der Waals surface area contributed by atoms with Crippen molar-refractivity contribution in [3.63, 3.8) is 0 Å². The molecule has 2 saturated carbocycles. The van der Waals surface area contributed by atoms with Gasteiger partial charge in [-0.25, -0.2) is 0 Å². The van der Waals surface area contributed by atoms with Gasteiger partial charge in [0.25, 0.3) is 0 Å². The van der Waals surface area contributed by atoms with Gasteiger partial charge in [-0.2, -0.15) is 0 Å². The molecule has 4 heteroatoms. The Morgan fingerprint density at radius 3 is 2.32 bits per heavy atom. The Labute approximate surface area is 123 Å². The van der Waals surface area contributed by atoms with Gasteiger partial charge in [-0.3, -0.25) is 9.69 Å². The fourth-order valence-corrected chi connectivity index (χ4v) is 3.78. The molecular formula is C15H29ClN2O. The van der Waals surface area contributed by atoms with E-state index >= 15 is 0 Å². The molecule has 3 unspecified atom stereocenters. The van der Waals surface area contributed by atoms with Gasteiger partial charge in [0.1, 0.15) is 0 Å². The van der Waals surface area contributed by atoms with Crippen LogP contribution in [0.3, 0.4) is 0 Å². The van der Waals surface area contributed by atoms with Crippen LogP contribution < -0.4 is 5.32 Å². The third kappa shape index (κ3) is 4.64. The summed E-state index contributed by atoms with van der Waals surface area (Å²) in [6.45, 7) is 7.03. The molecule has 2 rings (SSSR count). The summed E-state index contributed by atoms with van der Waals surface area (Å²) in [7, 11) is 0. The number of nitrogens with zero attached hydrogens (tertiary/aromatic N) is 1. The number of hydrogen-bond acceptors (Lipinski definition) is 2. The van der Waals surface area contributed by atoms with Gasteiger partial charge in [-0.05, 0) is 57.0 Å². The lowest BCUT2D eigenvalue weighted by Crippen LogP contribution is -2.44. The molecule has 3 nitrogen and oxygen atoms in total. The number of halogens is 1. The topological polar surface area (TPSA) is 32.3 Å². The van der Waals surface area contributed by atoms with Gasteiger partial charge in [-0.15, -0.1) is 12.4 Å². The van der Waals surface area contributed by atoms with E-state index in [1.165, 1.54) is 25.7 Å². The second-order valence-electron chi connectivity index (χ2n) is 6.13. The van der Waals surface area contributed by atoms with Crippen LogP contribution in [0.15, 0.2) is 0 Å². The number of amides is 1. The van der Waals surface area contributed by atoms with Gasteiger partial charge in [0.2, 0.25) is 5.91 Å². The summed E-state index contributed by atoms with van der Waals surface area (Å²) < 4.78 is 0. The van der Waals surface area contributed by atoms with Crippen LogP contribution in [0.25, 0.3) is 0 Å². The Balaban J connectivity index is 0.00000180. The van der Waals surface area contributed by atoms with E-state index in [-0.39, 0.29) is 18.3 Å². The van der Waals surface area contributed by atoms with Gasteiger partial charge in [0.05, 0.1) is 6.54 Å². The van der Waals surface area contributed by atoms with Crippen molar-refractivity contribution in [1.82, 2.24) is 10.2 Å². The maximum atomic E-state index is 12.1. The molecule has 0 spiro atoms. The molecule has 0 aromatic rings. The first-order valence-electron chi connectivity index (χ1n) is 7.74. The Bertz CT molecular complexity index is 279. The first kappa shape index (κ1) is 16.8. The molecule has 0 aliphatic heterocycles. The van der Waals surface area contributed by atoms with Gasteiger partial charge in [-0.1, -0.05) is 20.3 Å². The third-order valence-corrected chi connectivity index (χ3v) is 4.53. The van der Waals surface area contributed by atoms with Gasteiger partial charge in [0, 0.05) is 6.04 Å². The Morgan fingerprint density at radius 1 is 1.16 bits per heavy atom. The highest BCUT2D eigenvalue weighted by molar-refractivity contribution is 5.85. The monoisotopic (exact) mass is 288 g/mol. The molecule has 2 aliphatic carbocycles. The molecule has 2 aliphatic rings. The van der Waals surface area contributed by atoms with Crippen LogP contribution in [0, 0.1) is 11.8 Å². The van der Waals surface area contributed by atoms with Crippen molar-refractivity contribution >= 4 is 18.3 Å². The van der Waals surface area contributed by atoms with Gasteiger partial charge < -0.3 is 5.32 Å². The zero-order chi connectivity index (χ0) is 13.0. The van der Waals surface area contributed by atoms with E-state index in [0.717, 1.165) is 37.8 Å². The van der Waals surface area contributed by atoms with E-state index in [2.05, 4.69) is 24.1 Å². The predicted molar refractivity (Wildman–Crippen MR) is 81.6 cm³/mol. The van der Waals surface area contributed by atoms with Gasteiger partial charge in [0.15, 0.2) is 0 Å². The highest BCUT2D eigenvalue weighted by Gasteiger charge is 2.40. The van der Waals surface area contributed by atoms with Crippen molar-refractivity contribution in [2.75, 3.05) is 19.6 Å². The van der Waals surface area contributed by atoms with Crippen LogP contribution in [0.5, 0.6) is 0 Å². The molecule has 0 radical (unpaired) electrons. The summed E-state index contributed by atoms with van der Waals surface area (Å²) in [4.78, 5) is 14.4. The number of fused-ring (bicyclic) bond motifs is 2. The minimum absolute atomic E-state index is 0. The van der Waals surface area contributed by atoms with Crippen LogP contribution in [0.2, 0.25) is 0 Å². The number of nitrogens with one attached hydrogen (secondary N) is 1. The highest BCUT2D eigenvalue weighted by atomic mass is 35.5. The van der Waals surface area contributed by atoms with E-state index in [0.29, 0.717) is 12.6 Å². The SMILES string of the molecule is CCCN(CCC)CC(=O)NC1CC2CCC1C2.Cl. The van der Waals surface area contributed by atoms with Gasteiger partial charge >= 0.3 is 0 Å². The zero-order valence-electron chi connectivity index (χ0n) is 12.4. The number of carbonyl (C=O) groups excluding carboxylic acids is 1. The lowest BCUT2D eigenvalue weighted by molar-refractivity contribution is -0.123. The van der Waals surface area contributed by atoms with E-state index in [9.17, 15) is 4.79 Å². The summed E-state index contributed by atoms with van der Waals surface area (Å²) in [6.07, 6.45) is 7.58. The molecule has 0 saturated heterocycles. The van der Waals surface area contributed by atoms with Crippen molar-refractivity contribution in [3.05, 3.63) is 0 Å². The maximum absolute atomic E-state index is 12.1. The Hall–Kier alpha value is -0.280. The quantitative estimate of drug-likeness (QED) is 0.781. The average molecular weight is 289 g/mol. The molecule has 0 aromatic heterocycles. The minimum atomic E-state index is 0. The highest BCUT2D eigenvalue weighted by Crippen LogP contribution is 2.44. The van der Waals surface area contributed by atoms with E-state index < -0.39 is 0 Å². The van der Waals surface area contributed by atoms with E-state index in [1.54, 1.807) is 0 Å². The summed E-state index contributed by atoms with van der Waals surface area (Å²) in [5.74, 6) is 1.93. The van der Waals surface area contributed by atoms with Crippen molar-refractivity contribution < 1.29 is 4.79 Å². The Kier molecular flexibility index (Phi) is 7.16. The van der Waals surface area contributed by atoms with Crippen LogP contribution in [-0.4, -0.2) is 36.5 Å². The zero-order valence-corrected chi connectivity index (χ0v) is 13.2. The predicted octanol–water partition coefficient (Wildman–Crippen LogP) is 2.84.